The Kier molecular flexibility index (Phi) is 7.56. The van der Waals surface area contributed by atoms with Crippen LogP contribution in [0, 0.1) is 11.3 Å². The second kappa shape index (κ2) is 11.2. The standard InChI is InChI=1S/C28H28N4O2/c29-21-22-12-14-25(15-13-22)31-16-7-17-32(19-18-31)27(33)20-26(23-8-3-1-4-9-23)30-28(34)24-10-5-2-6-11-24/h1-6,8-15,26H,7,16-20H2,(H,30,34). The van der Waals surface area contributed by atoms with Crippen LogP contribution >= 0.6 is 0 Å². The lowest BCUT2D eigenvalue weighted by Gasteiger charge is -2.26. The molecule has 4 rings (SSSR count). The van der Waals surface area contributed by atoms with Crippen LogP contribution in [0.2, 0.25) is 0 Å². The monoisotopic (exact) mass is 452 g/mol. The summed E-state index contributed by atoms with van der Waals surface area (Å²) in [5, 5.41) is 12.1. The van der Waals surface area contributed by atoms with Gasteiger partial charge in [0.2, 0.25) is 5.91 Å². The lowest BCUT2D eigenvalue weighted by Crippen LogP contribution is -2.38. The van der Waals surface area contributed by atoms with Crippen LogP contribution in [0.4, 0.5) is 5.69 Å². The molecule has 34 heavy (non-hydrogen) atoms. The zero-order valence-electron chi connectivity index (χ0n) is 19.1. The number of nitrogens with one attached hydrogen (secondary N) is 1. The number of carbonyl (C=O) groups excluding carboxylic acids is 2. The second-order valence-electron chi connectivity index (χ2n) is 8.39. The average Bonchev–Trinajstić information content (AvgIpc) is 3.16. The average molecular weight is 453 g/mol. The van der Waals surface area contributed by atoms with E-state index in [0.717, 1.165) is 30.8 Å². The van der Waals surface area contributed by atoms with Gasteiger partial charge in [-0.05, 0) is 48.4 Å². The minimum atomic E-state index is -0.403. The first-order valence-corrected chi connectivity index (χ1v) is 11.6. The molecular weight excluding hydrogens is 424 g/mol. The number of hydrogen-bond acceptors (Lipinski definition) is 4. The van der Waals surface area contributed by atoms with Gasteiger partial charge >= 0.3 is 0 Å². The topological polar surface area (TPSA) is 76.4 Å². The zero-order valence-corrected chi connectivity index (χ0v) is 19.1. The van der Waals surface area contributed by atoms with Crippen molar-refractivity contribution in [3.05, 3.63) is 102 Å². The number of nitrogens with zero attached hydrogens (tertiary/aromatic N) is 3. The molecule has 6 heteroatoms. The lowest BCUT2D eigenvalue weighted by atomic mass is 10.0. The largest absolute Gasteiger partial charge is 0.370 e. The quantitative estimate of drug-likeness (QED) is 0.609. The maximum atomic E-state index is 13.3. The Bertz CT molecular complexity index is 1140. The van der Waals surface area contributed by atoms with Crippen molar-refractivity contribution in [1.82, 2.24) is 10.2 Å². The fraction of sp³-hybridized carbons (Fsp3) is 0.250. The molecular formula is C28H28N4O2. The summed E-state index contributed by atoms with van der Waals surface area (Å²) in [5.74, 6) is -0.158. The van der Waals surface area contributed by atoms with Gasteiger partial charge in [0.25, 0.3) is 5.91 Å². The third-order valence-corrected chi connectivity index (χ3v) is 6.13. The molecule has 0 radical (unpaired) electrons. The summed E-state index contributed by atoms with van der Waals surface area (Å²) in [7, 11) is 0. The molecule has 0 aliphatic carbocycles. The molecule has 172 valence electrons. The van der Waals surface area contributed by atoms with Crippen LogP contribution in [0.15, 0.2) is 84.9 Å². The van der Waals surface area contributed by atoms with Crippen LogP contribution < -0.4 is 10.2 Å². The molecule has 1 aliphatic heterocycles. The molecule has 3 aromatic rings. The zero-order chi connectivity index (χ0) is 23.8. The van der Waals surface area contributed by atoms with Crippen LogP contribution in [-0.4, -0.2) is 42.9 Å². The first kappa shape index (κ1) is 23.1. The van der Waals surface area contributed by atoms with Crippen molar-refractivity contribution >= 4 is 17.5 Å². The molecule has 6 nitrogen and oxygen atoms in total. The Morgan fingerprint density at radius 3 is 2.21 bits per heavy atom. The Balaban J connectivity index is 1.42. The first-order chi connectivity index (χ1) is 16.6. The molecule has 1 unspecified atom stereocenters. The molecule has 0 spiro atoms. The molecule has 3 aromatic carbocycles. The molecule has 1 fully saturated rings. The fourth-order valence-electron chi connectivity index (χ4n) is 4.24. The van der Waals surface area contributed by atoms with Gasteiger partial charge < -0.3 is 15.1 Å². The van der Waals surface area contributed by atoms with E-state index in [1.807, 2.05) is 77.7 Å². The van der Waals surface area contributed by atoms with Gasteiger partial charge in [-0.2, -0.15) is 5.26 Å². The van der Waals surface area contributed by atoms with Crippen molar-refractivity contribution < 1.29 is 9.59 Å². The third kappa shape index (κ3) is 5.81. The van der Waals surface area contributed by atoms with Crippen LogP contribution in [-0.2, 0) is 4.79 Å². The van der Waals surface area contributed by atoms with Crippen molar-refractivity contribution in [2.75, 3.05) is 31.1 Å². The summed E-state index contributed by atoms with van der Waals surface area (Å²) < 4.78 is 0. The van der Waals surface area contributed by atoms with Crippen LogP contribution in [0.1, 0.15) is 40.4 Å². The van der Waals surface area contributed by atoms with Crippen LogP contribution in [0.5, 0.6) is 0 Å². The van der Waals surface area contributed by atoms with E-state index in [9.17, 15) is 9.59 Å². The van der Waals surface area contributed by atoms with Crippen molar-refractivity contribution in [2.24, 2.45) is 0 Å². The van der Waals surface area contributed by atoms with Crippen molar-refractivity contribution in [3.8, 4) is 6.07 Å². The minimum absolute atomic E-state index is 0.0314. The number of nitriles is 1. The summed E-state index contributed by atoms with van der Waals surface area (Å²) >= 11 is 0. The highest BCUT2D eigenvalue weighted by molar-refractivity contribution is 5.94. The normalized spacial score (nSPS) is 14.6. The summed E-state index contributed by atoms with van der Waals surface area (Å²) in [6, 6.07) is 28.0. The smallest absolute Gasteiger partial charge is 0.251 e. The number of anilines is 1. The molecule has 0 aromatic heterocycles. The Labute approximate surface area is 200 Å². The van der Waals surface area contributed by atoms with E-state index in [0.29, 0.717) is 24.2 Å². The van der Waals surface area contributed by atoms with Gasteiger partial charge in [-0.25, -0.2) is 0 Å². The Morgan fingerprint density at radius 1 is 0.853 bits per heavy atom. The number of hydrogen-bond donors (Lipinski definition) is 1. The summed E-state index contributed by atoms with van der Waals surface area (Å²) in [5.41, 5.74) is 3.18. The molecule has 0 saturated carbocycles. The molecule has 1 aliphatic rings. The number of carbonyl (C=O) groups is 2. The molecule has 2 amide bonds. The highest BCUT2D eigenvalue weighted by atomic mass is 16.2. The third-order valence-electron chi connectivity index (χ3n) is 6.13. The van der Waals surface area contributed by atoms with E-state index in [2.05, 4.69) is 16.3 Å². The number of amides is 2. The van der Waals surface area contributed by atoms with Gasteiger partial charge in [-0.3, -0.25) is 9.59 Å². The molecule has 1 N–H and O–H groups in total. The van der Waals surface area contributed by atoms with Gasteiger partial charge in [0, 0.05) is 37.4 Å². The molecule has 1 atom stereocenters. The van der Waals surface area contributed by atoms with Crippen LogP contribution in [0.25, 0.3) is 0 Å². The van der Waals surface area contributed by atoms with E-state index in [1.54, 1.807) is 12.1 Å². The molecule has 1 heterocycles. The Hall–Kier alpha value is -4.11. The van der Waals surface area contributed by atoms with Gasteiger partial charge in [-0.15, -0.1) is 0 Å². The predicted octanol–water partition coefficient (Wildman–Crippen LogP) is 4.16. The Morgan fingerprint density at radius 2 is 1.53 bits per heavy atom. The van der Waals surface area contributed by atoms with Gasteiger partial charge in [-0.1, -0.05) is 48.5 Å². The van der Waals surface area contributed by atoms with Gasteiger partial charge in [0.15, 0.2) is 0 Å². The van der Waals surface area contributed by atoms with E-state index >= 15 is 0 Å². The fourth-order valence-corrected chi connectivity index (χ4v) is 4.24. The van der Waals surface area contributed by atoms with E-state index in [-0.39, 0.29) is 18.2 Å². The SMILES string of the molecule is N#Cc1ccc(N2CCCN(C(=O)CC(NC(=O)c3ccccc3)c3ccccc3)CC2)cc1. The van der Waals surface area contributed by atoms with Gasteiger partial charge in [0.1, 0.15) is 0 Å². The number of rotatable bonds is 6. The maximum Gasteiger partial charge on any atom is 0.251 e. The van der Waals surface area contributed by atoms with Crippen molar-refractivity contribution in [2.45, 2.75) is 18.9 Å². The number of benzene rings is 3. The minimum Gasteiger partial charge on any atom is -0.370 e. The highest BCUT2D eigenvalue weighted by Gasteiger charge is 2.24. The predicted molar refractivity (Wildman–Crippen MR) is 132 cm³/mol. The lowest BCUT2D eigenvalue weighted by molar-refractivity contribution is -0.131. The second-order valence-corrected chi connectivity index (χ2v) is 8.39. The molecule has 1 saturated heterocycles. The summed E-state index contributed by atoms with van der Waals surface area (Å²) in [6.07, 6.45) is 1.07. The van der Waals surface area contributed by atoms with E-state index < -0.39 is 6.04 Å². The first-order valence-electron chi connectivity index (χ1n) is 11.6. The van der Waals surface area contributed by atoms with Crippen molar-refractivity contribution in [1.29, 1.82) is 5.26 Å². The summed E-state index contributed by atoms with van der Waals surface area (Å²) in [6.45, 7) is 2.87. The van der Waals surface area contributed by atoms with Crippen LogP contribution in [0.3, 0.4) is 0 Å². The van der Waals surface area contributed by atoms with Crippen molar-refractivity contribution in [3.63, 3.8) is 0 Å². The summed E-state index contributed by atoms with van der Waals surface area (Å²) in [4.78, 5) is 30.3. The maximum absolute atomic E-state index is 13.3. The molecule has 0 bridgehead atoms. The van der Waals surface area contributed by atoms with Gasteiger partial charge in [0.05, 0.1) is 24.1 Å². The van der Waals surface area contributed by atoms with E-state index in [1.165, 1.54) is 0 Å². The highest BCUT2D eigenvalue weighted by Crippen LogP contribution is 2.21. The van der Waals surface area contributed by atoms with E-state index in [4.69, 9.17) is 5.26 Å².